The number of benzene rings is 2. The third kappa shape index (κ3) is 4.70. The number of aromatic nitrogens is 3. The number of para-hydroxylation sites is 1. The van der Waals surface area contributed by atoms with Crippen LogP contribution in [0.15, 0.2) is 66.9 Å². The van der Waals surface area contributed by atoms with Crippen molar-refractivity contribution in [3.8, 4) is 16.9 Å². The van der Waals surface area contributed by atoms with Gasteiger partial charge in [0.25, 0.3) is 0 Å². The molecule has 0 bridgehead atoms. The molecule has 0 spiro atoms. The first kappa shape index (κ1) is 20.5. The highest BCUT2D eigenvalue weighted by atomic mass is 35.5. The first-order chi connectivity index (χ1) is 14.6. The van der Waals surface area contributed by atoms with Gasteiger partial charge in [0.2, 0.25) is 5.28 Å². The fraction of sp³-hybridized carbons (Fsp3) is 0.250. The minimum absolute atomic E-state index is 0.250. The normalized spacial score (nSPS) is 11.5. The lowest BCUT2D eigenvalue weighted by molar-refractivity contribution is 0.394. The van der Waals surface area contributed by atoms with Gasteiger partial charge in [-0.2, -0.15) is 4.98 Å². The van der Waals surface area contributed by atoms with Crippen LogP contribution >= 0.6 is 11.6 Å². The summed E-state index contributed by atoms with van der Waals surface area (Å²) in [5.41, 5.74) is 4.99. The van der Waals surface area contributed by atoms with Crippen molar-refractivity contribution >= 4 is 22.6 Å². The lowest BCUT2D eigenvalue weighted by Gasteiger charge is -2.10. The number of hydrogen-bond acceptors (Lipinski definition) is 4. The van der Waals surface area contributed by atoms with Gasteiger partial charge >= 0.3 is 0 Å². The smallest absolute Gasteiger partial charge is 0.224 e. The molecule has 4 aromatic rings. The van der Waals surface area contributed by atoms with Crippen molar-refractivity contribution in [1.29, 1.82) is 0 Å². The summed E-state index contributed by atoms with van der Waals surface area (Å²) in [7, 11) is 4.20. The van der Waals surface area contributed by atoms with Crippen LogP contribution in [0.5, 0.6) is 0 Å². The average Bonchev–Trinajstić information content (AvgIpc) is 3.17. The summed E-state index contributed by atoms with van der Waals surface area (Å²) in [6.45, 7) is 2.96. The summed E-state index contributed by atoms with van der Waals surface area (Å²) < 4.78 is 2.04. The van der Waals surface area contributed by atoms with E-state index in [9.17, 15) is 0 Å². The monoisotopic (exact) mass is 419 g/mol. The Morgan fingerprint density at radius 1 is 0.967 bits per heavy atom. The lowest BCUT2D eigenvalue weighted by atomic mass is 10.1. The van der Waals surface area contributed by atoms with Crippen LogP contribution in [0.4, 0.5) is 0 Å². The van der Waals surface area contributed by atoms with Crippen LogP contribution in [0.2, 0.25) is 5.28 Å². The molecule has 1 N–H and O–H groups in total. The quantitative estimate of drug-likeness (QED) is 0.329. The van der Waals surface area contributed by atoms with Gasteiger partial charge in [0.05, 0.1) is 5.69 Å². The van der Waals surface area contributed by atoms with Crippen LogP contribution in [0.1, 0.15) is 12.0 Å². The molecule has 2 heterocycles. The summed E-state index contributed by atoms with van der Waals surface area (Å²) in [6, 6.07) is 20.7. The number of fused-ring (bicyclic) bond motifs is 1. The number of nitrogens with one attached hydrogen (secondary N) is 1. The first-order valence-electron chi connectivity index (χ1n) is 10.2. The largest absolute Gasteiger partial charge is 0.313 e. The molecule has 2 aromatic carbocycles. The standard InChI is InChI=1S/C24H26ClN5/c1-29(2)15-6-14-26-17-18-9-11-19(12-10-18)22-21-13-16-30(20-7-4-3-5-8-20)23(21)28-24(25)27-22/h3-5,7-13,16,26H,6,14-15,17H2,1-2H3. The van der Waals surface area contributed by atoms with E-state index in [1.54, 1.807) is 0 Å². The van der Waals surface area contributed by atoms with Gasteiger partial charge in [-0.05, 0) is 69.0 Å². The third-order valence-corrected chi connectivity index (χ3v) is 5.24. The molecule has 0 saturated carbocycles. The molecule has 0 aliphatic carbocycles. The predicted octanol–water partition coefficient (Wildman–Crippen LogP) is 4.78. The lowest BCUT2D eigenvalue weighted by Crippen LogP contribution is -2.20. The molecule has 2 aromatic heterocycles. The zero-order chi connectivity index (χ0) is 20.9. The fourth-order valence-corrected chi connectivity index (χ4v) is 3.70. The Bertz CT molecular complexity index is 1100. The molecule has 30 heavy (non-hydrogen) atoms. The Morgan fingerprint density at radius 2 is 1.73 bits per heavy atom. The van der Waals surface area contributed by atoms with E-state index >= 15 is 0 Å². The molecule has 0 atom stereocenters. The second-order valence-electron chi connectivity index (χ2n) is 7.63. The molecule has 154 valence electrons. The van der Waals surface area contributed by atoms with E-state index in [0.717, 1.165) is 54.0 Å². The molecular weight excluding hydrogens is 394 g/mol. The van der Waals surface area contributed by atoms with Crippen LogP contribution in [0.3, 0.4) is 0 Å². The van der Waals surface area contributed by atoms with Crippen molar-refractivity contribution in [3.63, 3.8) is 0 Å². The van der Waals surface area contributed by atoms with Gasteiger partial charge in [-0.15, -0.1) is 0 Å². The van der Waals surface area contributed by atoms with Gasteiger partial charge in [-0.3, -0.25) is 0 Å². The SMILES string of the molecule is CN(C)CCCNCc1ccc(-c2nc(Cl)nc3c2ccn3-c2ccccc2)cc1. The maximum atomic E-state index is 6.29. The summed E-state index contributed by atoms with van der Waals surface area (Å²) in [5.74, 6) is 0. The van der Waals surface area contributed by atoms with Crippen LogP contribution in [-0.4, -0.2) is 46.6 Å². The van der Waals surface area contributed by atoms with Gasteiger partial charge in [-0.1, -0.05) is 42.5 Å². The number of hydrogen-bond donors (Lipinski definition) is 1. The average molecular weight is 420 g/mol. The summed E-state index contributed by atoms with van der Waals surface area (Å²) >= 11 is 6.29. The van der Waals surface area contributed by atoms with Gasteiger partial charge in [0.1, 0.15) is 5.65 Å². The van der Waals surface area contributed by atoms with Gasteiger partial charge in [-0.25, -0.2) is 4.98 Å². The summed E-state index contributed by atoms with van der Waals surface area (Å²) in [4.78, 5) is 11.2. The van der Waals surface area contributed by atoms with E-state index in [0.29, 0.717) is 0 Å². The van der Waals surface area contributed by atoms with Crippen molar-refractivity contribution in [2.45, 2.75) is 13.0 Å². The molecule has 6 heteroatoms. The molecule has 0 aliphatic heterocycles. The summed E-state index contributed by atoms with van der Waals surface area (Å²) in [6.07, 6.45) is 3.15. The van der Waals surface area contributed by atoms with Crippen molar-refractivity contribution in [2.75, 3.05) is 27.2 Å². The second-order valence-corrected chi connectivity index (χ2v) is 7.97. The Balaban J connectivity index is 1.55. The Hall–Kier alpha value is -2.73. The van der Waals surface area contributed by atoms with Gasteiger partial charge < -0.3 is 14.8 Å². The van der Waals surface area contributed by atoms with Crippen LogP contribution in [-0.2, 0) is 6.54 Å². The van der Waals surface area contributed by atoms with E-state index in [2.05, 4.69) is 70.7 Å². The second kappa shape index (κ2) is 9.39. The van der Waals surface area contributed by atoms with Gasteiger partial charge in [0, 0.05) is 29.4 Å². The van der Waals surface area contributed by atoms with E-state index < -0.39 is 0 Å². The van der Waals surface area contributed by atoms with Crippen molar-refractivity contribution in [3.05, 3.63) is 77.7 Å². The molecule has 0 aliphatic rings. The maximum absolute atomic E-state index is 6.29. The highest BCUT2D eigenvalue weighted by molar-refractivity contribution is 6.28. The van der Waals surface area contributed by atoms with Crippen molar-refractivity contribution in [2.24, 2.45) is 0 Å². The minimum atomic E-state index is 0.250. The number of nitrogens with zero attached hydrogens (tertiary/aromatic N) is 4. The van der Waals surface area contributed by atoms with Crippen LogP contribution < -0.4 is 5.32 Å². The molecule has 0 fully saturated rings. The predicted molar refractivity (Wildman–Crippen MR) is 124 cm³/mol. The molecule has 0 unspecified atom stereocenters. The van der Waals surface area contributed by atoms with E-state index in [1.165, 1.54) is 5.56 Å². The fourth-order valence-electron chi connectivity index (χ4n) is 3.54. The molecular formula is C24H26ClN5. The highest BCUT2D eigenvalue weighted by Crippen LogP contribution is 2.29. The van der Waals surface area contributed by atoms with Crippen LogP contribution in [0.25, 0.3) is 28.0 Å². The maximum Gasteiger partial charge on any atom is 0.224 e. The highest BCUT2D eigenvalue weighted by Gasteiger charge is 2.13. The zero-order valence-corrected chi connectivity index (χ0v) is 18.1. The van der Waals surface area contributed by atoms with Crippen molar-refractivity contribution in [1.82, 2.24) is 24.8 Å². The van der Waals surface area contributed by atoms with E-state index in [1.807, 2.05) is 35.0 Å². The topological polar surface area (TPSA) is 46.0 Å². The summed E-state index contributed by atoms with van der Waals surface area (Å²) in [5, 5.41) is 4.73. The zero-order valence-electron chi connectivity index (χ0n) is 17.3. The Labute approximate surface area is 182 Å². The van der Waals surface area contributed by atoms with Gasteiger partial charge in [0.15, 0.2) is 0 Å². The third-order valence-electron chi connectivity index (χ3n) is 5.07. The van der Waals surface area contributed by atoms with E-state index in [-0.39, 0.29) is 5.28 Å². The Morgan fingerprint density at radius 3 is 2.47 bits per heavy atom. The number of rotatable bonds is 8. The molecule has 5 nitrogen and oxygen atoms in total. The van der Waals surface area contributed by atoms with Crippen LogP contribution in [0, 0.1) is 0 Å². The minimum Gasteiger partial charge on any atom is -0.313 e. The number of halogens is 1. The molecule has 0 saturated heterocycles. The van der Waals surface area contributed by atoms with E-state index in [4.69, 9.17) is 11.6 Å². The molecule has 0 amide bonds. The Kier molecular flexibility index (Phi) is 6.43. The molecule has 4 rings (SSSR count). The first-order valence-corrected chi connectivity index (χ1v) is 10.5. The molecule has 0 radical (unpaired) electrons. The van der Waals surface area contributed by atoms with Crippen molar-refractivity contribution < 1.29 is 0 Å².